The molecule has 1 aromatic carbocycles. The summed E-state index contributed by atoms with van der Waals surface area (Å²) in [6, 6.07) is 13.5. The van der Waals surface area contributed by atoms with Crippen molar-refractivity contribution >= 4 is 29.2 Å². The van der Waals surface area contributed by atoms with Crippen LogP contribution in [0.15, 0.2) is 58.5 Å². The van der Waals surface area contributed by atoms with E-state index in [1.54, 1.807) is 17.4 Å². The number of aliphatic imine (C=N–C) groups is 1. The van der Waals surface area contributed by atoms with E-state index in [2.05, 4.69) is 10.3 Å². The molecule has 2 aromatic rings. The third-order valence-electron chi connectivity index (χ3n) is 2.57. The SMILES string of the molecule is O=C1NC(c2ccccc2)=N/C1=C\c1cccs1. The second-order valence-electron chi connectivity index (χ2n) is 3.83. The Morgan fingerprint density at radius 3 is 2.67 bits per heavy atom. The van der Waals surface area contributed by atoms with E-state index in [-0.39, 0.29) is 5.91 Å². The summed E-state index contributed by atoms with van der Waals surface area (Å²) in [5, 5.41) is 4.75. The van der Waals surface area contributed by atoms with Gasteiger partial charge in [0.25, 0.3) is 5.91 Å². The molecule has 1 amide bonds. The zero-order valence-electron chi connectivity index (χ0n) is 9.46. The highest BCUT2D eigenvalue weighted by Crippen LogP contribution is 2.17. The maximum Gasteiger partial charge on any atom is 0.275 e. The van der Waals surface area contributed by atoms with Gasteiger partial charge in [-0.2, -0.15) is 0 Å². The maximum atomic E-state index is 11.8. The summed E-state index contributed by atoms with van der Waals surface area (Å²) in [5.41, 5.74) is 1.37. The number of thiophene rings is 1. The van der Waals surface area contributed by atoms with E-state index in [0.29, 0.717) is 11.5 Å². The number of nitrogens with one attached hydrogen (secondary N) is 1. The first kappa shape index (κ1) is 10.9. The molecule has 1 aromatic heterocycles. The Kier molecular flexibility index (Phi) is 2.78. The first-order chi connectivity index (χ1) is 8.83. The second kappa shape index (κ2) is 4.58. The zero-order chi connectivity index (χ0) is 12.4. The normalized spacial score (nSPS) is 16.8. The lowest BCUT2D eigenvalue weighted by atomic mass is 10.2. The van der Waals surface area contributed by atoms with Gasteiger partial charge in [-0.1, -0.05) is 36.4 Å². The summed E-state index contributed by atoms with van der Waals surface area (Å²) < 4.78 is 0. The van der Waals surface area contributed by atoms with Crippen LogP contribution in [0.5, 0.6) is 0 Å². The summed E-state index contributed by atoms with van der Waals surface area (Å²) >= 11 is 1.58. The van der Waals surface area contributed by atoms with Crippen molar-refractivity contribution in [3.8, 4) is 0 Å². The average Bonchev–Trinajstić information content (AvgIpc) is 3.02. The van der Waals surface area contributed by atoms with Gasteiger partial charge >= 0.3 is 0 Å². The fourth-order valence-corrected chi connectivity index (χ4v) is 2.36. The number of hydrogen-bond acceptors (Lipinski definition) is 3. The molecule has 0 atom stereocenters. The maximum absolute atomic E-state index is 11.8. The summed E-state index contributed by atoms with van der Waals surface area (Å²) in [6.45, 7) is 0. The minimum Gasteiger partial charge on any atom is -0.305 e. The highest BCUT2D eigenvalue weighted by atomic mass is 32.1. The summed E-state index contributed by atoms with van der Waals surface area (Å²) in [5.74, 6) is 0.464. The number of carbonyl (C=O) groups excluding carboxylic acids is 1. The molecule has 0 radical (unpaired) electrons. The first-order valence-electron chi connectivity index (χ1n) is 5.53. The van der Waals surface area contributed by atoms with Gasteiger partial charge in [-0.05, 0) is 17.5 Å². The van der Waals surface area contributed by atoms with Gasteiger partial charge in [0.05, 0.1) is 0 Å². The topological polar surface area (TPSA) is 41.5 Å². The van der Waals surface area contributed by atoms with E-state index in [0.717, 1.165) is 10.4 Å². The van der Waals surface area contributed by atoms with Gasteiger partial charge < -0.3 is 5.32 Å². The highest BCUT2D eigenvalue weighted by molar-refractivity contribution is 7.10. The summed E-state index contributed by atoms with van der Waals surface area (Å²) in [6.07, 6.45) is 1.80. The highest BCUT2D eigenvalue weighted by Gasteiger charge is 2.20. The van der Waals surface area contributed by atoms with Crippen LogP contribution in [0.25, 0.3) is 6.08 Å². The van der Waals surface area contributed by atoms with Gasteiger partial charge in [-0.15, -0.1) is 11.3 Å². The molecule has 2 heterocycles. The number of carbonyl (C=O) groups is 1. The molecule has 0 aliphatic carbocycles. The summed E-state index contributed by atoms with van der Waals surface area (Å²) in [7, 11) is 0. The van der Waals surface area contributed by atoms with Crippen molar-refractivity contribution in [2.75, 3.05) is 0 Å². The van der Waals surface area contributed by atoms with Crippen LogP contribution < -0.4 is 5.32 Å². The molecule has 0 unspecified atom stereocenters. The monoisotopic (exact) mass is 254 g/mol. The molecule has 0 fully saturated rings. The van der Waals surface area contributed by atoms with E-state index >= 15 is 0 Å². The van der Waals surface area contributed by atoms with Crippen molar-refractivity contribution in [1.29, 1.82) is 0 Å². The molecule has 88 valence electrons. The summed E-state index contributed by atoms with van der Waals surface area (Å²) in [4.78, 5) is 17.2. The Labute approximate surface area is 108 Å². The Hall–Kier alpha value is -2.20. The van der Waals surface area contributed by atoms with Crippen LogP contribution in [0.3, 0.4) is 0 Å². The quantitative estimate of drug-likeness (QED) is 0.822. The van der Waals surface area contributed by atoms with E-state index < -0.39 is 0 Å². The molecule has 0 bridgehead atoms. The predicted octanol–water partition coefficient (Wildman–Crippen LogP) is 2.67. The van der Waals surface area contributed by atoms with Crippen LogP contribution in [0.1, 0.15) is 10.4 Å². The van der Waals surface area contributed by atoms with Crippen LogP contribution in [0, 0.1) is 0 Å². The molecule has 1 aliphatic rings. The van der Waals surface area contributed by atoms with Gasteiger partial charge in [0, 0.05) is 10.4 Å². The predicted molar refractivity (Wildman–Crippen MR) is 73.4 cm³/mol. The molecule has 4 heteroatoms. The Morgan fingerprint density at radius 1 is 1.11 bits per heavy atom. The van der Waals surface area contributed by atoms with Crippen molar-refractivity contribution < 1.29 is 4.79 Å². The Morgan fingerprint density at radius 2 is 1.94 bits per heavy atom. The molecule has 1 aliphatic heterocycles. The van der Waals surface area contributed by atoms with Crippen molar-refractivity contribution in [1.82, 2.24) is 5.32 Å². The lowest BCUT2D eigenvalue weighted by Crippen LogP contribution is -2.24. The van der Waals surface area contributed by atoms with Gasteiger partial charge in [0.1, 0.15) is 11.5 Å². The van der Waals surface area contributed by atoms with E-state index in [9.17, 15) is 4.79 Å². The van der Waals surface area contributed by atoms with Gasteiger partial charge in [0.15, 0.2) is 0 Å². The zero-order valence-corrected chi connectivity index (χ0v) is 10.3. The number of hydrogen-bond donors (Lipinski definition) is 1. The van der Waals surface area contributed by atoms with Crippen LogP contribution in [-0.2, 0) is 4.79 Å². The average molecular weight is 254 g/mol. The molecule has 0 spiro atoms. The molecule has 3 nitrogen and oxygen atoms in total. The van der Waals surface area contributed by atoms with Crippen molar-refractivity contribution in [3.63, 3.8) is 0 Å². The van der Waals surface area contributed by atoms with Gasteiger partial charge in [-0.25, -0.2) is 4.99 Å². The molecule has 0 saturated heterocycles. The third kappa shape index (κ3) is 2.10. The Bertz CT molecular complexity index is 627. The third-order valence-corrected chi connectivity index (χ3v) is 3.39. The number of nitrogens with zero attached hydrogens (tertiary/aromatic N) is 1. The van der Waals surface area contributed by atoms with E-state index in [1.807, 2.05) is 47.8 Å². The van der Waals surface area contributed by atoms with Crippen LogP contribution in [-0.4, -0.2) is 11.7 Å². The standard InChI is InChI=1S/C14H10N2OS/c17-14-12(9-11-7-4-8-18-11)15-13(16-14)10-5-2-1-3-6-10/h1-9H,(H,15,16,17)/b12-9-. The largest absolute Gasteiger partial charge is 0.305 e. The van der Waals surface area contributed by atoms with Crippen molar-refractivity contribution in [2.24, 2.45) is 4.99 Å². The number of amides is 1. The number of rotatable bonds is 2. The smallest absolute Gasteiger partial charge is 0.275 e. The second-order valence-corrected chi connectivity index (χ2v) is 4.80. The fourth-order valence-electron chi connectivity index (χ4n) is 1.71. The minimum atomic E-state index is -0.151. The van der Waals surface area contributed by atoms with E-state index in [1.165, 1.54) is 0 Å². The molecule has 3 rings (SSSR count). The number of amidine groups is 1. The van der Waals surface area contributed by atoms with E-state index in [4.69, 9.17) is 0 Å². The lowest BCUT2D eigenvalue weighted by Gasteiger charge is -1.98. The molecule has 1 N–H and O–H groups in total. The fraction of sp³-hybridized carbons (Fsp3) is 0. The minimum absolute atomic E-state index is 0.151. The number of benzene rings is 1. The lowest BCUT2D eigenvalue weighted by molar-refractivity contribution is -0.115. The first-order valence-corrected chi connectivity index (χ1v) is 6.41. The molecule has 18 heavy (non-hydrogen) atoms. The van der Waals surface area contributed by atoms with Crippen molar-refractivity contribution in [3.05, 3.63) is 64.0 Å². The van der Waals surface area contributed by atoms with Crippen LogP contribution >= 0.6 is 11.3 Å². The molecular formula is C14H10N2OS. The van der Waals surface area contributed by atoms with Crippen LogP contribution in [0.2, 0.25) is 0 Å². The van der Waals surface area contributed by atoms with Gasteiger partial charge in [0.2, 0.25) is 0 Å². The molecular weight excluding hydrogens is 244 g/mol. The van der Waals surface area contributed by atoms with Crippen LogP contribution in [0.4, 0.5) is 0 Å². The Balaban J connectivity index is 1.95. The van der Waals surface area contributed by atoms with Gasteiger partial charge in [-0.3, -0.25) is 4.79 Å². The molecule has 0 saturated carbocycles. The van der Waals surface area contributed by atoms with Crippen molar-refractivity contribution in [2.45, 2.75) is 0 Å².